The standard InChI is InChI=1S/C49H59ClN6O7Si/c1-6-62-39-15-19-43-34(27-39)28-42(51-22-7-8-24-57)47(59)56(43)37-11-9-10-33(26-37)30-55-44-18-12-35(50)29-41(44)49(48(55)60)32(2)46(64(4,5)40-16-13-38(61-3)14-17-40)45(63-49)20-23-54-31-36(21-25-58)52-53-54/h9-19,26-27,29,31-32,42,45-46,51,57-58H,6-8,20-25,28,30H2,1-5H3/t32-,42?,45+,46-,49+/m0/s1. The lowest BCUT2D eigenvalue weighted by Gasteiger charge is -2.37. The smallest absolute Gasteiger partial charge is 0.264 e. The summed E-state index contributed by atoms with van der Waals surface area (Å²) < 4.78 is 20.5. The molecule has 15 heteroatoms. The summed E-state index contributed by atoms with van der Waals surface area (Å²) >= 11 is 6.81. The monoisotopic (exact) mass is 906 g/mol. The molecule has 0 saturated carbocycles. The van der Waals surface area contributed by atoms with Gasteiger partial charge in [-0.05, 0) is 116 Å². The minimum Gasteiger partial charge on any atom is -0.497 e. The maximum absolute atomic E-state index is 15.6. The van der Waals surface area contributed by atoms with E-state index < -0.39 is 19.7 Å². The molecule has 338 valence electrons. The highest BCUT2D eigenvalue weighted by atomic mass is 35.5. The van der Waals surface area contributed by atoms with Gasteiger partial charge in [-0.15, -0.1) is 5.10 Å². The second-order valence-corrected chi connectivity index (χ2v) is 22.8. The van der Waals surface area contributed by atoms with E-state index in [0.717, 1.165) is 46.0 Å². The Labute approximate surface area is 381 Å². The number of methoxy groups -OCH3 is 1. The Balaban J connectivity index is 1.14. The summed E-state index contributed by atoms with van der Waals surface area (Å²) in [7, 11) is -0.757. The van der Waals surface area contributed by atoms with Gasteiger partial charge in [0.15, 0.2) is 5.60 Å². The highest BCUT2D eigenvalue weighted by Gasteiger charge is 2.66. The molecule has 1 unspecified atom stereocenters. The topological polar surface area (TPSA) is 152 Å². The Morgan fingerprint density at radius 1 is 0.969 bits per heavy atom. The van der Waals surface area contributed by atoms with E-state index in [1.807, 2.05) is 90.8 Å². The van der Waals surface area contributed by atoms with Crippen molar-refractivity contribution in [1.29, 1.82) is 0 Å². The molecule has 2 amide bonds. The number of hydrogen-bond donors (Lipinski definition) is 3. The highest BCUT2D eigenvalue weighted by molar-refractivity contribution is 6.91. The number of unbranched alkanes of at least 4 members (excludes halogenated alkanes) is 1. The average Bonchev–Trinajstić information content (AvgIpc) is 3.94. The molecule has 0 aliphatic carbocycles. The number of nitrogens with zero attached hydrogens (tertiary/aromatic N) is 5. The number of amides is 2. The molecule has 1 saturated heterocycles. The van der Waals surface area contributed by atoms with Crippen LogP contribution >= 0.6 is 11.6 Å². The van der Waals surface area contributed by atoms with Crippen molar-refractivity contribution in [3.05, 3.63) is 119 Å². The van der Waals surface area contributed by atoms with Crippen molar-refractivity contribution < 1.29 is 34.0 Å². The van der Waals surface area contributed by atoms with E-state index in [4.69, 9.17) is 25.8 Å². The van der Waals surface area contributed by atoms with Crippen LogP contribution < -0.4 is 29.8 Å². The molecule has 1 aromatic heterocycles. The number of anilines is 3. The van der Waals surface area contributed by atoms with Gasteiger partial charge in [0, 0.05) is 54.6 Å². The number of carbonyl (C=O) groups is 2. The molecule has 13 nitrogen and oxygen atoms in total. The summed E-state index contributed by atoms with van der Waals surface area (Å²) in [6, 6.07) is 27.2. The molecule has 4 heterocycles. The maximum Gasteiger partial charge on any atom is 0.264 e. The summed E-state index contributed by atoms with van der Waals surface area (Å²) in [6.45, 7) is 10.8. The SMILES string of the molecule is CCOc1ccc2c(c1)CC(NCCCCO)C(=O)N2c1cccc(CN2C(=O)[C@]3(O[C@H](CCn4cc(CCO)nn4)[C@@H]([Si](C)(C)c4ccc(OC)cc4)[C@@H]3C)c3cc(Cl)ccc32)c1. The zero-order valence-corrected chi connectivity index (χ0v) is 39.1. The van der Waals surface area contributed by atoms with Crippen LogP contribution in [0.3, 0.4) is 0 Å². The van der Waals surface area contributed by atoms with E-state index in [1.54, 1.807) is 16.7 Å². The van der Waals surface area contributed by atoms with Crippen LogP contribution in [-0.2, 0) is 45.9 Å². The quantitative estimate of drug-likeness (QED) is 0.0642. The van der Waals surface area contributed by atoms with E-state index in [1.165, 1.54) is 5.19 Å². The van der Waals surface area contributed by atoms with Crippen molar-refractivity contribution in [3.8, 4) is 11.5 Å². The largest absolute Gasteiger partial charge is 0.497 e. The third-order valence-electron chi connectivity index (χ3n) is 13.4. The number of nitrogens with one attached hydrogen (secondary N) is 1. The molecule has 5 aromatic rings. The van der Waals surface area contributed by atoms with Crippen molar-refractivity contribution in [2.24, 2.45) is 5.92 Å². The first-order chi connectivity index (χ1) is 30.9. The second kappa shape index (κ2) is 19.2. The molecular formula is C49H59ClN6O7Si. The first-order valence-electron chi connectivity index (χ1n) is 22.4. The Hall–Kier alpha value is -5.09. The van der Waals surface area contributed by atoms with Crippen LogP contribution in [0, 0.1) is 5.92 Å². The van der Waals surface area contributed by atoms with Gasteiger partial charge in [0.2, 0.25) is 5.91 Å². The summed E-state index contributed by atoms with van der Waals surface area (Å²) in [5, 5.41) is 32.7. The van der Waals surface area contributed by atoms with Crippen molar-refractivity contribution in [2.45, 2.75) is 95.4 Å². The number of halogens is 1. The third-order valence-corrected chi connectivity index (χ3v) is 18.0. The molecule has 0 bridgehead atoms. The second-order valence-electron chi connectivity index (χ2n) is 17.7. The van der Waals surface area contributed by atoms with Crippen LogP contribution in [-0.4, -0.2) is 90.7 Å². The van der Waals surface area contributed by atoms with Crippen LogP contribution in [0.2, 0.25) is 23.7 Å². The Kier molecular flexibility index (Phi) is 13.6. The van der Waals surface area contributed by atoms with Crippen LogP contribution in [0.1, 0.15) is 55.5 Å². The van der Waals surface area contributed by atoms with E-state index in [2.05, 4.69) is 47.8 Å². The van der Waals surface area contributed by atoms with Gasteiger partial charge in [0.05, 0.1) is 57.5 Å². The molecule has 1 spiro atoms. The number of rotatable bonds is 18. The number of hydrogen-bond acceptors (Lipinski definition) is 10. The van der Waals surface area contributed by atoms with Gasteiger partial charge >= 0.3 is 0 Å². The zero-order valence-electron chi connectivity index (χ0n) is 37.3. The molecule has 5 atom stereocenters. The predicted molar refractivity (Wildman–Crippen MR) is 251 cm³/mol. The number of aryl methyl sites for hydroxylation is 1. The number of aliphatic hydroxyl groups is 2. The van der Waals surface area contributed by atoms with Crippen molar-refractivity contribution in [3.63, 3.8) is 0 Å². The molecule has 3 aliphatic rings. The molecule has 3 aliphatic heterocycles. The van der Waals surface area contributed by atoms with Gasteiger partial charge < -0.3 is 34.6 Å². The molecule has 1 fully saturated rings. The number of benzene rings is 4. The minimum atomic E-state index is -2.42. The first kappa shape index (κ1) is 45.5. The first-order valence-corrected chi connectivity index (χ1v) is 25.9. The third kappa shape index (κ3) is 8.59. The number of aromatic nitrogens is 3. The average molecular weight is 908 g/mol. The van der Waals surface area contributed by atoms with Gasteiger partial charge in [-0.3, -0.25) is 19.2 Å². The van der Waals surface area contributed by atoms with Crippen molar-refractivity contribution >= 4 is 53.7 Å². The van der Waals surface area contributed by atoms with Gasteiger partial charge in [-0.2, -0.15) is 0 Å². The molecular weight excluding hydrogens is 848 g/mol. The lowest BCUT2D eigenvalue weighted by molar-refractivity contribution is -0.146. The number of fused-ring (bicyclic) bond motifs is 3. The van der Waals surface area contributed by atoms with E-state index in [-0.39, 0.29) is 49.1 Å². The highest BCUT2D eigenvalue weighted by Crippen LogP contribution is 2.60. The van der Waals surface area contributed by atoms with Crippen LogP contribution in [0.15, 0.2) is 91.1 Å². The fraction of sp³-hybridized carbons (Fsp3) is 0.429. The van der Waals surface area contributed by atoms with E-state index >= 15 is 4.79 Å². The van der Waals surface area contributed by atoms with Crippen molar-refractivity contribution in [2.75, 3.05) is 43.3 Å². The van der Waals surface area contributed by atoms with Gasteiger partial charge in [-0.25, -0.2) is 0 Å². The van der Waals surface area contributed by atoms with Crippen LogP contribution in [0.25, 0.3) is 0 Å². The Morgan fingerprint density at radius 2 is 1.75 bits per heavy atom. The lowest BCUT2D eigenvalue weighted by atomic mass is 9.82. The van der Waals surface area contributed by atoms with Crippen LogP contribution in [0.4, 0.5) is 17.1 Å². The summed E-state index contributed by atoms with van der Waals surface area (Å²) in [5.74, 6) is 1.08. The molecule has 64 heavy (non-hydrogen) atoms. The molecule has 8 rings (SSSR count). The van der Waals surface area contributed by atoms with Crippen LogP contribution in [0.5, 0.6) is 11.5 Å². The molecule has 3 N–H and O–H groups in total. The maximum atomic E-state index is 15.6. The number of ether oxygens (including phenoxy) is 3. The summed E-state index contributed by atoms with van der Waals surface area (Å²) in [5.41, 5.74) is 4.22. The number of carbonyl (C=O) groups excluding carboxylic acids is 2. The van der Waals surface area contributed by atoms with Gasteiger partial charge in [-0.1, -0.05) is 66.3 Å². The lowest BCUT2D eigenvalue weighted by Crippen LogP contribution is -2.51. The summed E-state index contributed by atoms with van der Waals surface area (Å²) in [6.07, 6.45) is 4.47. The predicted octanol–water partition coefficient (Wildman–Crippen LogP) is 6.68. The normalized spacial score (nSPS) is 21.8. The van der Waals surface area contributed by atoms with Gasteiger partial charge in [0.1, 0.15) is 11.5 Å². The molecule has 4 aromatic carbocycles. The molecule has 0 radical (unpaired) electrons. The fourth-order valence-electron chi connectivity index (χ4n) is 10.3. The fourth-order valence-corrected chi connectivity index (χ4v) is 14.6. The zero-order chi connectivity index (χ0) is 45.2. The van der Waals surface area contributed by atoms with Crippen molar-refractivity contribution in [1.82, 2.24) is 20.3 Å². The Bertz CT molecular complexity index is 2470. The Morgan fingerprint density at radius 3 is 2.50 bits per heavy atom. The van der Waals surface area contributed by atoms with E-state index in [0.29, 0.717) is 61.8 Å². The number of aliphatic hydroxyl groups excluding tert-OH is 2. The summed E-state index contributed by atoms with van der Waals surface area (Å²) in [4.78, 5) is 33.6. The van der Waals surface area contributed by atoms with E-state index in [9.17, 15) is 15.0 Å². The minimum absolute atomic E-state index is 0.000919. The van der Waals surface area contributed by atoms with Gasteiger partial charge in [0.25, 0.3) is 5.91 Å².